The molecule has 2 N–H and O–H groups in total. The maximum atomic E-state index is 7.12. The molecular formula is C6H7N5. The second kappa shape index (κ2) is 1.91. The monoisotopic (exact) mass is 152 g/mol. The fourth-order valence-corrected chi connectivity index (χ4v) is 0.850. The van der Waals surface area contributed by atoms with Crippen LogP contribution in [0.3, 0.4) is 0 Å². The lowest BCUT2D eigenvalue weighted by molar-refractivity contribution is 0.857. The zero-order valence-electron chi connectivity index (χ0n) is 8.52. The Bertz CT molecular complexity index is 474. The molecule has 0 amide bonds. The highest BCUT2D eigenvalue weighted by molar-refractivity contribution is 5.58. The SMILES string of the molecule is [2H]C([2H])([2H])c1nc(N)c2nccn2n1. The number of fused-ring (bicyclic) bond motifs is 1. The molecule has 56 valence electrons. The maximum absolute atomic E-state index is 7.12. The molecule has 5 nitrogen and oxygen atoms in total. The molecule has 2 heterocycles. The van der Waals surface area contributed by atoms with Gasteiger partial charge >= 0.3 is 0 Å². The van der Waals surface area contributed by atoms with Crippen molar-refractivity contribution in [2.24, 2.45) is 0 Å². The third-order valence-corrected chi connectivity index (χ3v) is 1.28. The first-order valence-corrected chi connectivity index (χ1v) is 2.96. The van der Waals surface area contributed by atoms with Crippen molar-refractivity contribution in [3.8, 4) is 0 Å². The van der Waals surface area contributed by atoms with E-state index in [4.69, 9.17) is 9.85 Å². The van der Waals surface area contributed by atoms with E-state index in [-0.39, 0.29) is 11.6 Å². The predicted molar refractivity (Wildman–Crippen MR) is 39.9 cm³/mol. The molecule has 0 aliphatic carbocycles. The highest BCUT2D eigenvalue weighted by Crippen LogP contribution is 2.05. The molecular weight excluding hydrogens is 142 g/mol. The van der Waals surface area contributed by atoms with Gasteiger partial charge in [0.1, 0.15) is 5.82 Å². The Morgan fingerprint density at radius 3 is 3.45 bits per heavy atom. The first-order chi connectivity index (χ1) is 6.48. The molecule has 2 aromatic heterocycles. The normalized spacial score (nSPS) is 15.8. The predicted octanol–water partition coefficient (Wildman–Crippen LogP) is 0.0149. The standard InChI is InChI=1S/C6H7N5/c1-4-9-5(7)6-8-2-3-11(6)10-4/h2-3H,1H3,(H2,7,9,10)/i1D3. The second-order valence-corrected chi connectivity index (χ2v) is 2.02. The number of rotatable bonds is 0. The van der Waals surface area contributed by atoms with Gasteiger partial charge in [-0.1, -0.05) is 0 Å². The van der Waals surface area contributed by atoms with Crippen LogP contribution >= 0.6 is 0 Å². The van der Waals surface area contributed by atoms with E-state index in [1.807, 2.05) is 0 Å². The van der Waals surface area contributed by atoms with E-state index >= 15 is 0 Å². The molecule has 0 aliphatic rings. The molecule has 11 heavy (non-hydrogen) atoms. The van der Waals surface area contributed by atoms with Crippen molar-refractivity contribution in [2.75, 3.05) is 5.73 Å². The molecule has 2 rings (SSSR count). The van der Waals surface area contributed by atoms with Gasteiger partial charge in [0.15, 0.2) is 11.5 Å². The van der Waals surface area contributed by atoms with Crippen LogP contribution < -0.4 is 5.73 Å². The van der Waals surface area contributed by atoms with Crippen LogP contribution in [-0.4, -0.2) is 19.6 Å². The van der Waals surface area contributed by atoms with E-state index in [0.717, 1.165) is 0 Å². The van der Waals surface area contributed by atoms with Crippen molar-refractivity contribution in [2.45, 2.75) is 6.85 Å². The van der Waals surface area contributed by atoms with Gasteiger partial charge in [-0.2, -0.15) is 5.10 Å². The summed E-state index contributed by atoms with van der Waals surface area (Å²) in [4.78, 5) is 7.54. The minimum absolute atomic E-state index is 0.0659. The summed E-state index contributed by atoms with van der Waals surface area (Å²) in [5, 5.41) is 3.77. The number of nitrogen functional groups attached to an aromatic ring is 1. The molecule has 0 saturated carbocycles. The van der Waals surface area contributed by atoms with E-state index in [9.17, 15) is 0 Å². The average molecular weight is 152 g/mol. The number of aromatic nitrogens is 4. The summed E-state index contributed by atoms with van der Waals surface area (Å²) in [6.07, 6.45) is 2.99. The van der Waals surface area contributed by atoms with Gasteiger partial charge in [0, 0.05) is 16.5 Å². The van der Waals surface area contributed by atoms with E-state index in [1.54, 1.807) is 0 Å². The Labute approximate surface area is 67.1 Å². The van der Waals surface area contributed by atoms with Crippen molar-refractivity contribution >= 4 is 11.5 Å². The van der Waals surface area contributed by atoms with Crippen LogP contribution in [0, 0.1) is 6.85 Å². The quantitative estimate of drug-likeness (QED) is 0.577. The summed E-state index contributed by atoms with van der Waals surface area (Å²) in [6, 6.07) is 0. The zero-order valence-corrected chi connectivity index (χ0v) is 5.52. The van der Waals surface area contributed by atoms with E-state index in [1.165, 1.54) is 16.9 Å². The minimum Gasteiger partial charge on any atom is -0.380 e. The van der Waals surface area contributed by atoms with Gasteiger partial charge < -0.3 is 5.73 Å². The smallest absolute Gasteiger partial charge is 0.196 e. The third kappa shape index (κ3) is 0.813. The lowest BCUT2D eigenvalue weighted by Gasteiger charge is -1.96. The van der Waals surface area contributed by atoms with E-state index < -0.39 is 6.85 Å². The van der Waals surface area contributed by atoms with Gasteiger partial charge in [-0.05, 0) is 6.85 Å². The number of nitrogens with two attached hydrogens (primary N) is 1. The molecule has 0 spiro atoms. The molecule has 0 bridgehead atoms. The Balaban J connectivity index is 2.70. The van der Waals surface area contributed by atoms with Gasteiger partial charge in [0.05, 0.1) is 0 Å². The van der Waals surface area contributed by atoms with Gasteiger partial charge in [0.2, 0.25) is 0 Å². The van der Waals surface area contributed by atoms with Crippen molar-refractivity contribution in [3.05, 3.63) is 18.2 Å². The minimum atomic E-state index is -2.35. The Morgan fingerprint density at radius 1 is 1.73 bits per heavy atom. The number of nitrogens with zero attached hydrogens (tertiary/aromatic N) is 4. The fraction of sp³-hybridized carbons (Fsp3) is 0.167. The van der Waals surface area contributed by atoms with Crippen LogP contribution in [0.5, 0.6) is 0 Å². The summed E-state index contributed by atoms with van der Waals surface area (Å²) >= 11 is 0. The zero-order chi connectivity index (χ0) is 10.3. The summed E-state index contributed by atoms with van der Waals surface area (Å²) in [5.74, 6) is -0.211. The van der Waals surface area contributed by atoms with Crippen molar-refractivity contribution in [1.82, 2.24) is 19.6 Å². The molecule has 5 heteroatoms. The summed E-state index contributed by atoms with van der Waals surface area (Å²) < 4.78 is 22.6. The molecule has 0 radical (unpaired) electrons. The third-order valence-electron chi connectivity index (χ3n) is 1.28. The van der Waals surface area contributed by atoms with Crippen LogP contribution in [0.15, 0.2) is 12.4 Å². The van der Waals surface area contributed by atoms with Crippen LogP contribution in [-0.2, 0) is 0 Å². The first-order valence-electron chi connectivity index (χ1n) is 4.46. The largest absolute Gasteiger partial charge is 0.380 e. The lowest BCUT2D eigenvalue weighted by Crippen LogP contribution is -2.02. The van der Waals surface area contributed by atoms with E-state index in [2.05, 4.69) is 15.1 Å². The Kier molecular flexibility index (Phi) is 0.637. The average Bonchev–Trinajstić information content (AvgIpc) is 2.50. The van der Waals surface area contributed by atoms with E-state index in [0.29, 0.717) is 5.65 Å². The van der Waals surface area contributed by atoms with Crippen LogP contribution in [0.2, 0.25) is 0 Å². The van der Waals surface area contributed by atoms with Crippen LogP contribution in [0.1, 0.15) is 9.94 Å². The van der Waals surface area contributed by atoms with Crippen LogP contribution in [0.4, 0.5) is 5.82 Å². The lowest BCUT2D eigenvalue weighted by atomic mass is 10.6. The molecule has 0 saturated heterocycles. The number of hydrogen-bond donors (Lipinski definition) is 1. The summed E-state index contributed by atoms with van der Waals surface area (Å²) in [5.41, 5.74) is 5.87. The Hall–Kier alpha value is -1.65. The number of aryl methyl sites for hydroxylation is 1. The number of hydrogen-bond acceptors (Lipinski definition) is 4. The maximum Gasteiger partial charge on any atom is 0.196 e. The van der Waals surface area contributed by atoms with Gasteiger partial charge in [-0.3, -0.25) is 0 Å². The van der Waals surface area contributed by atoms with Crippen molar-refractivity contribution in [1.29, 1.82) is 0 Å². The highest BCUT2D eigenvalue weighted by Gasteiger charge is 2.00. The fourth-order valence-electron chi connectivity index (χ4n) is 0.850. The molecule has 0 fully saturated rings. The van der Waals surface area contributed by atoms with Gasteiger partial charge in [-0.25, -0.2) is 14.5 Å². The summed E-state index contributed by atoms with van der Waals surface area (Å²) in [7, 11) is 0. The highest BCUT2D eigenvalue weighted by atomic mass is 15.3. The number of anilines is 1. The Morgan fingerprint density at radius 2 is 2.64 bits per heavy atom. The van der Waals surface area contributed by atoms with Crippen molar-refractivity contribution in [3.63, 3.8) is 0 Å². The molecule has 0 aromatic carbocycles. The topological polar surface area (TPSA) is 69.1 Å². The van der Waals surface area contributed by atoms with Crippen molar-refractivity contribution < 1.29 is 4.11 Å². The molecule has 0 atom stereocenters. The van der Waals surface area contributed by atoms with Crippen LogP contribution in [0.25, 0.3) is 5.65 Å². The molecule has 2 aromatic rings. The summed E-state index contributed by atoms with van der Waals surface area (Å²) in [6.45, 7) is -2.35. The number of imidazole rings is 1. The van der Waals surface area contributed by atoms with Gasteiger partial charge in [-0.15, -0.1) is 0 Å². The molecule has 0 unspecified atom stereocenters. The molecule has 0 aliphatic heterocycles. The first kappa shape index (κ1) is 3.66. The van der Waals surface area contributed by atoms with Gasteiger partial charge in [0.25, 0.3) is 0 Å². The second-order valence-electron chi connectivity index (χ2n) is 2.02.